The van der Waals surface area contributed by atoms with Gasteiger partial charge in [0.05, 0.1) is 5.52 Å². The number of halogens is 3. The van der Waals surface area contributed by atoms with Crippen LogP contribution in [0.1, 0.15) is 22.7 Å². The Kier molecular flexibility index (Phi) is 4.72. The Balaban J connectivity index is 1.38. The van der Waals surface area contributed by atoms with Gasteiger partial charge in [0, 0.05) is 38.6 Å². The summed E-state index contributed by atoms with van der Waals surface area (Å²) in [6.45, 7) is 1.90. The van der Waals surface area contributed by atoms with Crippen molar-refractivity contribution in [1.29, 1.82) is 0 Å². The lowest BCUT2D eigenvalue weighted by molar-refractivity contribution is -0.146. The molecule has 0 bridgehead atoms. The number of fused-ring (bicyclic) bond motifs is 2. The Morgan fingerprint density at radius 2 is 1.78 bits per heavy atom. The number of nitrogens with zero attached hydrogens (tertiary/aromatic N) is 8. The smallest absolute Gasteiger partial charge is 0.353 e. The van der Waals surface area contributed by atoms with Crippen LogP contribution in [0.2, 0.25) is 0 Å². The molecular formula is C20H19F3N8O. The lowest BCUT2D eigenvalue weighted by atomic mass is 10.2. The van der Waals surface area contributed by atoms with E-state index in [-0.39, 0.29) is 11.6 Å². The first-order valence-electron chi connectivity index (χ1n) is 10.1. The average Bonchev–Trinajstić information content (AvgIpc) is 3.25. The number of carbonyl (C=O) groups is 1. The normalized spacial score (nSPS) is 15.5. The van der Waals surface area contributed by atoms with Gasteiger partial charge in [0.15, 0.2) is 11.3 Å². The third-order valence-electron chi connectivity index (χ3n) is 5.57. The monoisotopic (exact) mass is 444 g/mol. The van der Waals surface area contributed by atoms with Crippen molar-refractivity contribution in [3.8, 4) is 0 Å². The van der Waals surface area contributed by atoms with E-state index in [1.807, 2.05) is 29.2 Å². The van der Waals surface area contributed by atoms with Gasteiger partial charge in [-0.1, -0.05) is 18.2 Å². The number of alkyl halides is 3. The second-order valence-electron chi connectivity index (χ2n) is 7.61. The van der Waals surface area contributed by atoms with Crippen LogP contribution in [0.15, 0.2) is 36.4 Å². The van der Waals surface area contributed by atoms with E-state index in [0.29, 0.717) is 48.6 Å². The number of aromatic nitrogens is 6. The van der Waals surface area contributed by atoms with Crippen molar-refractivity contribution in [1.82, 2.24) is 34.5 Å². The topological polar surface area (TPSA) is 84.5 Å². The number of anilines is 1. The molecule has 0 spiro atoms. The van der Waals surface area contributed by atoms with Crippen LogP contribution in [-0.4, -0.2) is 66.6 Å². The molecule has 0 unspecified atom stereocenters. The van der Waals surface area contributed by atoms with Crippen LogP contribution in [0.25, 0.3) is 16.6 Å². The summed E-state index contributed by atoms with van der Waals surface area (Å²) >= 11 is 0. The Morgan fingerprint density at radius 1 is 0.969 bits per heavy atom. The Morgan fingerprint density at radius 3 is 2.59 bits per heavy atom. The first kappa shape index (κ1) is 20.2. The first-order chi connectivity index (χ1) is 15.3. The number of carbonyl (C=O) groups excluding carboxylic acids is 1. The molecule has 1 amide bonds. The number of hydrogen-bond donors (Lipinski definition) is 0. The third kappa shape index (κ3) is 3.41. The summed E-state index contributed by atoms with van der Waals surface area (Å²) in [6, 6.07) is 10.6. The molecule has 1 fully saturated rings. The van der Waals surface area contributed by atoms with Gasteiger partial charge in [-0.15, -0.1) is 15.3 Å². The van der Waals surface area contributed by atoms with Gasteiger partial charge in [-0.05, 0) is 24.6 Å². The van der Waals surface area contributed by atoms with Crippen LogP contribution in [0, 0.1) is 0 Å². The molecule has 1 aliphatic heterocycles. The molecule has 32 heavy (non-hydrogen) atoms. The lowest BCUT2D eigenvalue weighted by Crippen LogP contribution is -2.35. The fourth-order valence-corrected chi connectivity index (χ4v) is 4.00. The van der Waals surface area contributed by atoms with Crippen molar-refractivity contribution >= 4 is 28.3 Å². The standard InChI is InChI=1S/C20H19F3N8O/c1-28-14-6-3-2-5-13(14)17(27-28)18(32)30-10-4-9-29(11-12-30)16-8-7-15-24-25-19(20(21,22)23)31(15)26-16/h2-3,5-8H,4,9-12H2,1H3. The quantitative estimate of drug-likeness (QED) is 0.472. The van der Waals surface area contributed by atoms with E-state index in [0.717, 1.165) is 10.9 Å². The van der Waals surface area contributed by atoms with Gasteiger partial charge in [-0.3, -0.25) is 9.48 Å². The molecule has 0 radical (unpaired) electrons. The maximum atomic E-state index is 13.2. The minimum Gasteiger partial charge on any atom is -0.353 e. The Labute approximate surface area is 180 Å². The minimum absolute atomic E-state index is 0.0229. The SMILES string of the molecule is Cn1nc(C(=O)N2CCCN(c3ccc4nnc(C(F)(F)F)n4n3)CC2)c2ccccc21. The fourth-order valence-electron chi connectivity index (χ4n) is 4.00. The summed E-state index contributed by atoms with van der Waals surface area (Å²) in [7, 11) is 1.80. The molecule has 12 heteroatoms. The molecule has 1 aliphatic rings. The summed E-state index contributed by atoms with van der Waals surface area (Å²) in [6.07, 6.45) is -4.01. The summed E-state index contributed by atoms with van der Waals surface area (Å²) in [4.78, 5) is 16.8. The van der Waals surface area contributed by atoms with E-state index in [9.17, 15) is 18.0 Å². The van der Waals surface area contributed by atoms with Crippen LogP contribution in [0.4, 0.5) is 19.0 Å². The molecule has 166 valence electrons. The molecule has 0 N–H and O–H groups in total. The van der Waals surface area contributed by atoms with Crippen molar-refractivity contribution in [2.75, 3.05) is 31.1 Å². The second kappa shape index (κ2) is 7.46. The summed E-state index contributed by atoms with van der Waals surface area (Å²) in [5.74, 6) is -0.950. The van der Waals surface area contributed by atoms with E-state index >= 15 is 0 Å². The minimum atomic E-state index is -4.65. The van der Waals surface area contributed by atoms with E-state index in [1.54, 1.807) is 22.7 Å². The number of rotatable bonds is 2. The number of amides is 1. The van der Waals surface area contributed by atoms with Crippen LogP contribution in [0.5, 0.6) is 0 Å². The van der Waals surface area contributed by atoms with Gasteiger partial charge in [-0.2, -0.15) is 22.8 Å². The zero-order valence-electron chi connectivity index (χ0n) is 17.1. The molecule has 1 saturated heterocycles. The van der Waals surface area contributed by atoms with Crippen LogP contribution < -0.4 is 4.90 Å². The van der Waals surface area contributed by atoms with Gasteiger partial charge in [-0.25, -0.2) is 0 Å². The second-order valence-corrected chi connectivity index (χ2v) is 7.61. The van der Waals surface area contributed by atoms with Crippen LogP contribution in [0.3, 0.4) is 0 Å². The zero-order chi connectivity index (χ0) is 22.5. The predicted molar refractivity (Wildman–Crippen MR) is 109 cm³/mol. The number of aryl methyl sites for hydroxylation is 1. The van der Waals surface area contributed by atoms with E-state index in [4.69, 9.17) is 0 Å². The highest BCUT2D eigenvalue weighted by atomic mass is 19.4. The van der Waals surface area contributed by atoms with Crippen LogP contribution in [-0.2, 0) is 13.2 Å². The van der Waals surface area contributed by atoms with Crippen molar-refractivity contribution < 1.29 is 18.0 Å². The molecule has 0 atom stereocenters. The maximum absolute atomic E-state index is 13.2. The molecule has 3 aromatic heterocycles. The summed E-state index contributed by atoms with van der Waals surface area (Å²) < 4.78 is 41.9. The van der Waals surface area contributed by atoms with E-state index in [1.165, 1.54) is 6.07 Å². The van der Waals surface area contributed by atoms with Gasteiger partial charge >= 0.3 is 6.18 Å². The molecule has 4 aromatic rings. The van der Waals surface area contributed by atoms with Gasteiger partial charge in [0.2, 0.25) is 0 Å². The lowest BCUT2D eigenvalue weighted by Gasteiger charge is -2.22. The first-order valence-corrected chi connectivity index (χ1v) is 10.1. The van der Waals surface area contributed by atoms with E-state index < -0.39 is 12.0 Å². The fraction of sp³-hybridized carbons (Fsp3) is 0.350. The molecule has 5 rings (SSSR count). The van der Waals surface area contributed by atoms with Gasteiger partial charge in [0.25, 0.3) is 11.7 Å². The number of para-hydroxylation sites is 1. The van der Waals surface area contributed by atoms with Gasteiger partial charge < -0.3 is 9.80 Å². The van der Waals surface area contributed by atoms with Crippen LogP contribution >= 0.6 is 0 Å². The predicted octanol–water partition coefficient (Wildman–Crippen LogP) is 2.38. The summed E-state index contributed by atoms with van der Waals surface area (Å²) in [5.41, 5.74) is 1.30. The molecule has 4 heterocycles. The average molecular weight is 444 g/mol. The summed E-state index contributed by atoms with van der Waals surface area (Å²) in [5, 5.41) is 16.1. The highest BCUT2D eigenvalue weighted by Gasteiger charge is 2.38. The number of benzene rings is 1. The molecule has 0 saturated carbocycles. The van der Waals surface area contributed by atoms with Crippen molar-refractivity contribution in [3.63, 3.8) is 0 Å². The zero-order valence-corrected chi connectivity index (χ0v) is 17.1. The molecular weight excluding hydrogens is 425 g/mol. The molecule has 9 nitrogen and oxygen atoms in total. The number of hydrogen-bond acceptors (Lipinski definition) is 6. The Hall–Kier alpha value is -3.70. The van der Waals surface area contributed by atoms with Crippen molar-refractivity contribution in [3.05, 3.63) is 47.9 Å². The highest BCUT2D eigenvalue weighted by Crippen LogP contribution is 2.28. The molecule has 0 aliphatic carbocycles. The Bertz CT molecular complexity index is 1310. The van der Waals surface area contributed by atoms with Crippen molar-refractivity contribution in [2.24, 2.45) is 7.05 Å². The highest BCUT2D eigenvalue weighted by molar-refractivity contribution is 6.04. The van der Waals surface area contributed by atoms with E-state index in [2.05, 4.69) is 20.4 Å². The van der Waals surface area contributed by atoms with Gasteiger partial charge in [0.1, 0.15) is 5.82 Å². The largest absolute Gasteiger partial charge is 0.453 e. The third-order valence-corrected chi connectivity index (χ3v) is 5.57. The van der Waals surface area contributed by atoms with Crippen molar-refractivity contribution in [2.45, 2.75) is 12.6 Å². The molecule has 1 aromatic carbocycles. The maximum Gasteiger partial charge on any atom is 0.453 e.